The maximum absolute atomic E-state index is 10.5. The highest BCUT2D eigenvalue weighted by Crippen LogP contribution is 2.23. The molecule has 0 aliphatic heterocycles. The summed E-state index contributed by atoms with van der Waals surface area (Å²) in [6.45, 7) is 1.99. The van der Waals surface area contributed by atoms with E-state index in [-0.39, 0.29) is 36.7 Å². The minimum atomic E-state index is -0.423. The Balaban J connectivity index is 0.00000256. The van der Waals surface area contributed by atoms with Crippen molar-refractivity contribution in [1.29, 1.82) is 0 Å². The van der Waals surface area contributed by atoms with Crippen LogP contribution in [0.15, 0.2) is 24.3 Å². The predicted octanol–water partition coefficient (Wildman–Crippen LogP) is 1.91. The third-order valence-corrected chi connectivity index (χ3v) is 2.63. The van der Waals surface area contributed by atoms with E-state index in [1.165, 1.54) is 12.1 Å². The summed E-state index contributed by atoms with van der Waals surface area (Å²) in [5.74, 6) is 0.0615. The Morgan fingerprint density at radius 3 is 2.29 bits per heavy atom. The van der Waals surface area contributed by atoms with E-state index in [1.807, 2.05) is 6.92 Å². The Bertz CT molecular complexity index is 356. The van der Waals surface area contributed by atoms with Gasteiger partial charge in [0.15, 0.2) is 0 Å². The Kier molecular flexibility index (Phi) is 6.72. The second-order valence-corrected chi connectivity index (χ2v) is 3.77. The van der Waals surface area contributed by atoms with Crippen LogP contribution in [0.25, 0.3) is 0 Å². The second kappa shape index (κ2) is 7.21. The SMILES string of the molecule is CN[C@H](c1ccc([N+](=O)[O-])cc1)[C@H](C)CO.Cl. The average molecular weight is 261 g/mol. The molecule has 1 rings (SSSR count). The lowest BCUT2D eigenvalue weighted by Gasteiger charge is -2.22. The highest BCUT2D eigenvalue weighted by Gasteiger charge is 2.17. The first kappa shape index (κ1) is 15.8. The summed E-state index contributed by atoms with van der Waals surface area (Å²) in [6.07, 6.45) is 0. The molecule has 2 N–H and O–H groups in total. The number of rotatable bonds is 5. The van der Waals surface area contributed by atoms with Crippen molar-refractivity contribution in [2.75, 3.05) is 13.7 Å². The number of aliphatic hydroxyl groups excluding tert-OH is 1. The van der Waals surface area contributed by atoms with Gasteiger partial charge in [0.05, 0.1) is 4.92 Å². The molecular weight excluding hydrogens is 244 g/mol. The van der Waals surface area contributed by atoms with Gasteiger partial charge < -0.3 is 10.4 Å². The molecule has 0 amide bonds. The number of hydrogen-bond donors (Lipinski definition) is 2. The van der Waals surface area contributed by atoms with Gasteiger partial charge in [-0.25, -0.2) is 0 Å². The molecule has 0 aliphatic rings. The lowest BCUT2D eigenvalue weighted by atomic mass is 9.95. The van der Waals surface area contributed by atoms with E-state index in [0.29, 0.717) is 0 Å². The lowest BCUT2D eigenvalue weighted by molar-refractivity contribution is -0.384. The number of aliphatic hydroxyl groups is 1. The van der Waals surface area contributed by atoms with Gasteiger partial charge in [-0.1, -0.05) is 19.1 Å². The van der Waals surface area contributed by atoms with Crippen molar-refractivity contribution in [3.05, 3.63) is 39.9 Å². The number of nitrogens with zero attached hydrogens (tertiary/aromatic N) is 1. The summed E-state index contributed by atoms with van der Waals surface area (Å²) >= 11 is 0. The summed E-state index contributed by atoms with van der Waals surface area (Å²) in [5, 5.41) is 22.7. The Morgan fingerprint density at radius 2 is 1.94 bits per heavy atom. The van der Waals surface area contributed by atoms with Crippen molar-refractivity contribution in [3.8, 4) is 0 Å². The van der Waals surface area contributed by atoms with Gasteiger partial charge in [0.1, 0.15) is 0 Å². The molecule has 2 atom stereocenters. The molecule has 0 unspecified atom stereocenters. The molecule has 96 valence electrons. The van der Waals surface area contributed by atoms with Crippen LogP contribution >= 0.6 is 12.4 Å². The molecule has 0 spiro atoms. The number of halogens is 1. The van der Waals surface area contributed by atoms with Crippen LogP contribution < -0.4 is 5.32 Å². The van der Waals surface area contributed by atoms with Gasteiger partial charge in [-0.15, -0.1) is 12.4 Å². The van der Waals surface area contributed by atoms with Crippen molar-refractivity contribution in [2.45, 2.75) is 13.0 Å². The van der Waals surface area contributed by atoms with Crippen LogP contribution in [0.5, 0.6) is 0 Å². The Hall–Kier alpha value is -1.17. The molecule has 0 radical (unpaired) electrons. The van der Waals surface area contributed by atoms with Crippen molar-refractivity contribution in [3.63, 3.8) is 0 Å². The largest absolute Gasteiger partial charge is 0.396 e. The highest BCUT2D eigenvalue weighted by atomic mass is 35.5. The first-order chi connectivity index (χ1) is 7.60. The van der Waals surface area contributed by atoms with Crippen LogP contribution in [0.3, 0.4) is 0 Å². The van der Waals surface area contributed by atoms with Crippen LogP contribution in [0.4, 0.5) is 5.69 Å². The van der Waals surface area contributed by atoms with Gasteiger partial charge in [0.2, 0.25) is 0 Å². The molecule has 1 aromatic carbocycles. The molecule has 17 heavy (non-hydrogen) atoms. The van der Waals surface area contributed by atoms with Gasteiger partial charge in [0.25, 0.3) is 5.69 Å². The number of non-ortho nitro benzene ring substituents is 1. The maximum atomic E-state index is 10.5. The molecule has 0 saturated carbocycles. The zero-order chi connectivity index (χ0) is 12.1. The zero-order valence-corrected chi connectivity index (χ0v) is 10.6. The number of hydrogen-bond acceptors (Lipinski definition) is 4. The number of nitrogens with one attached hydrogen (secondary N) is 1. The van der Waals surface area contributed by atoms with Crippen LogP contribution in [-0.2, 0) is 0 Å². The smallest absolute Gasteiger partial charge is 0.269 e. The molecule has 0 aromatic heterocycles. The second-order valence-electron chi connectivity index (χ2n) is 3.77. The fourth-order valence-corrected chi connectivity index (χ4v) is 1.69. The summed E-state index contributed by atoms with van der Waals surface area (Å²) in [4.78, 5) is 10.1. The molecule has 0 aliphatic carbocycles. The summed E-state index contributed by atoms with van der Waals surface area (Å²) in [5.41, 5.74) is 1.02. The Morgan fingerprint density at radius 1 is 1.41 bits per heavy atom. The maximum Gasteiger partial charge on any atom is 0.269 e. The van der Waals surface area contributed by atoms with E-state index >= 15 is 0 Å². The number of nitro groups is 1. The topological polar surface area (TPSA) is 75.4 Å². The van der Waals surface area contributed by atoms with E-state index in [9.17, 15) is 10.1 Å². The molecule has 1 aromatic rings. The van der Waals surface area contributed by atoms with Crippen LogP contribution in [0.1, 0.15) is 18.5 Å². The minimum Gasteiger partial charge on any atom is -0.396 e. The Labute approximate surface area is 106 Å². The summed E-state index contributed by atoms with van der Waals surface area (Å²) in [7, 11) is 1.80. The van der Waals surface area contributed by atoms with E-state index in [2.05, 4.69) is 5.32 Å². The van der Waals surface area contributed by atoms with Crippen molar-refractivity contribution < 1.29 is 10.0 Å². The third-order valence-electron chi connectivity index (χ3n) is 2.63. The van der Waals surface area contributed by atoms with Crippen LogP contribution in [0, 0.1) is 16.0 Å². The molecule has 5 nitrogen and oxygen atoms in total. The predicted molar refractivity (Wildman–Crippen MR) is 68.4 cm³/mol. The van der Waals surface area contributed by atoms with Crippen LogP contribution in [-0.4, -0.2) is 23.7 Å². The van der Waals surface area contributed by atoms with E-state index in [0.717, 1.165) is 5.56 Å². The standard InChI is InChI=1S/C11H16N2O3.ClH/c1-8(7-14)11(12-2)9-3-5-10(6-4-9)13(15)16;/h3-6,8,11-12,14H,7H2,1-2H3;1H/t8-,11+;/m1./s1. The zero-order valence-electron chi connectivity index (χ0n) is 9.79. The summed E-state index contributed by atoms with van der Waals surface area (Å²) < 4.78 is 0. The monoisotopic (exact) mass is 260 g/mol. The quantitative estimate of drug-likeness (QED) is 0.626. The van der Waals surface area contributed by atoms with Crippen molar-refractivity contribution in [1.82, 2.24) is 5.32 Å². The van der Waals surface area contributed by atoms with Crippen molar-refractivity contribution >= 4 is 18.1 Å². The third kappa shape index (κ3) is 3.96. The van der Waals surface area contributed by atoms with Crippen LogP contribution in [0.2, 0.25) is 0 Å². The number of nitro benzene ring substituents is 1. The van der Waals surface area contributed by atoms with E-state index < -0.39 is 4.92 Å². The number of benzene rings is 1. The fraction of sp³-hybridized carbons (Fsp3) is 0.455. The van der Waals surface area contributed by atoms with Gasteiger partial charge in [-0.05, 0) is 18.5 Å². The van der Waals surface area contributed by atoms with Crippen molar-refractivity contribution in [2.24, 2.45) is 5.92 Å². The first-order valence-corrected chi connectivity index (χ1v) is 5.12. The fourth-order valence-electron chi connectivity index (χ4n) is 1.69. The van der Waals surface area contributed by atoms with E-state index in [4.69, 9.17) is 5.11 Å². The molecule has 0 saturated heterocycles. The van der Waals surface area contributed by atoms with Gasteiger partial charge >= 0.3 is 0 Å². The van der Waals surface area contributed by atoms with Gasteiger partial charge in [0, 0.05) is 24.8 Å². The highest BCUT2D eigenvalue weighted by molar-refractivity contribution is 5.85. The molecule has 6 heteroatoms. The van der Waals surface area contributed by atoms with Gasteiger partial charge in [-0.3, -0.25) is 10.1 Å². The molecule has 0 bridgehead atoms. The average Bonchev–Trinajstić information content (AvgIpc) is 2.30. The molecular formula is C11H17ClN2O3. The minimum absolute atomic E-state index is 0. The van der Waals surface area contributed by atoms with E-state index in [1.54, 1.807) is 19.2 Å². The molecule has 0 fully saturated rings. The molecule has 0 heterocycles. The van der Waals surface area contributed by atoms with Gasteiger partial charge in [-0.2, -0.15) is 0 Å². The lowest BCUT2D eigenvalue weighted by Crippen LogP contribution is -2.25. The normalized spacial score (nSPS) is 13.6. The summed E-state index contributed by atoms with van der Waals surface area (Å²) in [6, 6.07) is 6.38. The first-order valence-electron chi connectivity index (χ1n) is 5.12.